The molecule has 1 aromatic carbocycles. The van der Waals surface area contributed by atoms with Gasteiger partial charge in [0.1, 0.15) is 0 Å². The van der Waals surface area contributed by atoms with Crippen LogP contribution < -0.4 is 5.32 Å². The third-order valence-electron chi connectivity index (χ3n) is 2.66. The lowest BCUT2D eigenvalue weighted by molar-refractivity contribution is -0.118. The molecule has 5 nitrogen and oxygen atoms in total. The van der Waals surface area contributed by atoms with E-state index < -0.39 is 11.9 Å². The monoisotopic (exact) mass is 259 g/mol. The van der Waals surface area contributed by atoms with Crippen molar-refractivity contribution in [3.05, 3.63) is 41.0 Å². The van der Waals surface area contributed by atoms with E-state index in [0.717, 1.165) is 5.56 Å². The van der Waals surface area contributed by atoms with Crippen LogP contribution in [0.2, 0.25) is 0 Å². The van der Waals surface area contributed by atoms with Crippen LogP contribution in [0.1, 0.15) is 39.6 Å². The van der Waals surface area contributed by atoms with Gasteiger partial charge in [-0.1, -0.05) is 18.2 Å². The predicted octanol–water partition coefficient (Wildman–Crippen LogP) is 1.54. The molecule has 0 aliphatic carbocycles. The Labute approximate surface area is 110 Å². The van der Waals surface area contributed by atoms with Gasteiger partial charge < -0.3 is 10.1 Å². The summed E-state index contributed by atoms with van der Waals surface area (Å²) in [5.74, 6) is -1.26. The molecule has 0 saturated carbocycles. The third-order valence-corrected chi connectivity index (χ3v) is 2.66. The maximum Gasteiger partial charge on any atom is 0.346 e. The molecule has 1 N–H and O–H groups in total. The second kappa shape index (κ2) is 5.48. The van der Waals surface area contributed by atoms with Crippen molar-refractivity contribution >= 4 is 23.9 Å². The number of amides is 1. The van der Waals surface area contributed by atoms with Gasteiger partial charge in [-0.3, -0.25) is 4.79 Å². The summed E-state index contributed by atoms with van der Waals surface area (Å²) in [6.07, 6.45) is 4.41. The standard InChI is InChI=1S/C14H13NO4/c1-9(16)15-7-3-2-4-10-5-6-11-12(8-10)14(18)19-13(11)17/h2,4-6,8H,3,7H2,1H3,(H,15,16). The Hall–Kier alpha value is -2.43. The molecule has 0 radical (unpaired) electrons. The quantitative estimate of drug-likeness (QED) is 0.505. The van der Waals surface area contributed by atoms with Gasteiger partial charge in [-0.2, -0.15) is 0 Å². The van der Waals surface area contributed by atoms with Gasteiger partial charge in [0.15, 0.2) is 0 Å². The number of cyclic esters (lactones) is 2. The average Bonchev–Trinajstić information content (AvgIpc) is 2.64. The molecular weight excluding hydrogens is 246 g/mol. The van der Waals surface area contributed by atoms with E-state index in [4.69, 9.17) is 0 Å². The molecule has 1 aliphatic heterocycles. The van der Waals surface area contributed by atoms with Crippen LogP contribution in [-0.2, 0) is 9.53 Å². The third kappa shape index (κ3) is 3.07. The summed E-state index contributed by atoms with van der Waals surface area (Å²) < 4.78 is 4.51. The van der Waals surface area contributed by atoms with E-state index >= 15 is 0 Å². The average molecular weight is 259 g/mol. The molecule has 1 aromatic rings. The van der Waals surface area contributed by atoms with Gasteiger partial charge >= 0.3 is 11.9 Å². The van der Waals surface area contributed by atoms with Crippen molar-refractivity contribution in [3.8, 4) is 0 Å². The highest BCUT2D eigenvalue weighted by Gasteiger charge is 2.29. The number of hydrogen-bond donors (Lipinski definition) is 1. The molecule has 0 unspecified atom stereocenters. The van der Waals surface area contributed by atoms with Crippen molar-refractivity contribution in [1.29, 1.82) is 0 Å². The van der Waals surface area contributed by atoms with Gasteiger partial charge in [0.05, 0.1) is 11.1 Å². The number of ether oxygens (including phenoxy) is 1. The first-order valence-electron chi connectivity index (χ1n) is 5.89. The lowest BCUT2D eigenvalue weighted by Gasteiger charge is -1.98. The van der Waals surface area contributed by atoms with Gasteiger partial charge in [0.25, 0.3) is 0 Å². The lowest BCUT2D eigenvalue weighted by Crippen LogP contribution is -2.20. The van der Waals surface area contributed by atoms with E-state index in [1.54, 1.807) is 18.2 Å². The zero-order chi connectivity index (χ0) is 13.8. The summed E-state index contributed by atoms with van der Waals surface area (Å²) in [6, 6.07) is 4.95. The summed E-state index contributed by atoms with van der Waals surface area (Å²) in [7, 11) is 0. The Bertz CT molecular complexity index is 575. The van der Waals surface area contributed by atoms with E-state index in [1.807, 2.05) is 12.2 Å². The second-order valence-electron chi connectivity index (χ2n) is 4.16. The molecule has 1 heterocycles. The van der Waals surface area contributed by atoms with Crippen LogP contribution in [-0.4, -0.2) is 24.4 Å². The highest BCUT2D eigenvalue weighted by molar-refractivity contribution is 6.14. The number of carbonyl (C=O) groups excluding carboxylic acids is 3. The van der Waals surface area contributed by atoms with E-state index in [-0.39, 0.29) is 5.91 Å². The molecule has 0 atom stereocenters. The maximum absolute atomic E-state index is 11.4. The predicted molar refractivity (Wildman–Crippen MR) is 68.5 cm³/mol. The van der Waals surface area contributed by atoms with Crippen molar-refractivity contribution < 1.29 is 19.1 Å². The fraction of sp³-hybridized carbons (Fsp3) is 0.214. The molecule has 0 aromatic heterocycles. The molecule has 98 valence electrons. The first-order valence-corrected chi connectivity index (χ1v) is 5.89. The van der Waals surface area contributed by atoms with Gasteiger partial charge in [0, 0.05) is 13.5 Å². The summed E-state index contributed by atoms with van der Waals surface area (Å²) in [4.78, 5) is 33.3. The Morgan fingerprint density at radius 2 is 2.00 bits per heavy atom. The van der Waals surface area contributed by atoms with E-state index in [2.05, 4.69) is 10.1 Å². The van der Waals surface area contributed by atoms with Crippen molar-refractivity contribution in [1.82, 2.24) is 5.32 Å². The highest BCUT2D eigenvalue weighted by Crippen LogP contribution is 2.21. The van der Waals surface area contributed by atoms with E-state index in [1.165, 1.54) is 6.92 Å². The lowest BCUT2D eigenvalue weighted by atomic mass is 10.1. The van der Waals surface area contributed by atoms with Crippen molar-refractivity contribution in [3.63, 3.8) is 0 Å². The van der Waals surface area contributed by atoms with Crippen LogP contribution >= 0.6 is 0 Å². The second-order valence-corrected chi connectivity index (χ2v) is 4.16. The van der Waals surface area contributed by atoms with Gasteiger partial charge in [-0.05, 0) is 24.1 Å². The minimum atomic E-state index is -0.603. The van der Waals surface area contributed by atoms with E-state index in [0.29, 0.717) is 24.1 Å². The number of carbonyl (C=O) groups is 3. The minimum Gasteiger partial charge on any atom is -0.386 e. The summed E-state index contributed by atoms with van der Waals surface area (Å²) in [5.41, 5.74) is 1.42. The normalized spacial score (nSPS) is 13.5. The first-order chi connectivity index (χ1) is 9.08. The molecule has 0 bridgehead atoms. The number of fused-ring (bicyclic) bond motifs is 1. The molecule has 1 amide bonds. The van der Waals surface area contributed by atoms with Gasteiger partial charge in [-0.25, -0.2) is 9.59 Å². The molecular formula is C14H13NO4. The minimum absolute atomic E-state index is 0.0628. The van der Waals surface area contributed by atoms with Crippen LogP contribution in [0.5, 0.6) is 0 Å². The number of rotatable bonds is 4. The fourth-order valence-corrected chi connectivity index (χ4v) is 1.76. The van der Waals surface area contributed by atoms with Crippen LogP contribution in [0.4, 0.5) is 0 Å². The first kappa shape index (κ1) is 13.0. The highest BCUT2D eigenvalue weighted by atomic mass is 16.6. The summed E-state index contributed by atoms with van der Waals surface area (Å²) in [6.45, 7) is 2.03. The molecule has 2 rings (SSSR count). The SMILES string of the molecule is CC(=O)NCCC=Cc1ccc2c(c1)C(=O)OC2=O. The number of esters is 2. The van der Waals surface area contributed by atoms with Crippen LogP contribution in [0.15, 0.2) is 24.3 Å². The van der Waals surface area contributed by atoms with Crippen LogP contribution in [0.25, 0.3) is 6.08 Å². The van der Waals surface area contributed by atoms with Crippen molar-refractivity contribution in [2.45, 2.75) is 13.3 Å². The van der Waals surface area contributed by atoms with Crippen molar-refractivity contribution in [2.75, 3.05) is 6.54 Å². The Morgan fingerprint density at radius 1 is 1.26 bits per heavy atom. The van der Waals surface area contributed by atoms with Crippen LogP contribution in [0.3, 0.4) is 0 Å². The summed E-state index contributed by atoms with van der Waals surface area (Å²) >= 11 is 0. The number of nitrogens with one attached hydrogen (secondary N) is 1. The number of hydrogen-bond acceptors (Lipinski definition) is 4. The molecule has 5 heteroatoms. The Balaban J connectivity index is 2.01. The van der Waals surface area contributed by atoms with Gasteiger partial charge in [0.2, 0.25) is 5.91 Å². The topological polar surface area (TPSA) is 72.5 Å². The van der Waals surface area contributed by atoms with Crippen molar-refractivity contribution in [2.24, 2.45) is 0 Å². The molecule has 0 saturated heterocycles. The van der Waals surface area contributed by atoms with E-state index in [9.17, 15) is 14.4 Å². The smallest absolute Gasteiger partial charge is 0.346 e. The van der Waals surface area contributed by atoms with Crippen LogP contribution in [0, 0.1) is 0 Å². The summed E-state index contributed by atoms with van der Waals surface area (Å²) in [5, 5.41) is 2.68. The zero-order valence-electron chi connectivity index (χ0n) is 10.4. The molecule has 19 heavy (non-hydrogen) atoms. The molecule has 0 fully saturated rings. The number of benzene rings is 1. The van der Waals surface area contributed by atoms with Gasteiger partial charge in [-0.15, -0.1) is 0 Å². The molecule has 0 spiro atoms. The molecule has 1 aliphatic rings. The Morgan fingerprint density at radius 3 is 2.74 bits per heavy atom. The Kier molecular flexibility index (Phi) is 3.75. The maximum atomic E-state index is 11.4. The fourth-order valence-electron chi connectivity index (χ4n) is 1.76. The zero-order valence-corrected chi connectivity index (χ0v) is 10.4. The largest absolute Gasteiger partial charge is 0.386 e.